The molecule has 1 N–H and O–H groups in total. The lowest BCUT2D eigenvalue weighted by Gasteiger charge is -2.46. The second kappa shape index (κ2) is 12.1. The molecule has 0 amide bonds. The van der Waals surface area contributed by atoms with E-state index in [1.165, 1.54) is 19.2 Å². The fourth-order valence-electron chi connectivity index (χ4n) is 6.67. The van der Waals surface area contributed by atoms with Crippen molar-refractivity contribution < 1.29 is 41.7 Å². The number of alkyl halides is 3. The first kappa shape index (κ1) is 30.8. The van der Waals surface area contributed by atoms with Crippen LogP contribution in [0.2, 0.25) is 5.02 Å². The zero-order chi connectivity index (χ0) is 30.2. The molecule has 5 rings (SSSR count). The number of nitrogens with zero attached hydrogens (tertiary/aromatic N) is 1. The number of ketones is 1. The molecule has 1 aliphatic carbocycles. The van der Waals surface area contributed by atoms with Gasteiger partial charge in [-0.15, -0.1) is 0 Å². The standard InChI is InChI=1S/C31H34ClF4NO5/c1-41-29(40)25-16-37(13-11-24(25)18-2-7-22(33)8-3-18)23-10-12-30(42-17-23,20-5-6-20)27(38)9-4-19-14-21(31(34,35)36)15-26(32)28(19)39/h2-3,7-8,14-15,20,23-25,39H,4-6,9-13,16-17H2,1H3/t23-,24+,25-,30+/m1/s1. The van der Waals surface area contributed by atoms with Crippen molar-refractivity contribution in [2.75, 3.05) is 26.8 Å². The SMILES string of the molecule is COC(=O)[C@@H]1CN([C@@H]2CC[C@@](C(=O)CCc3cc(C(F)(F)F)cc(Cl)c3O)(C3CC3)OC2)CC[C@H]1c1ccc(F)cc1. The number of aryl methyl sites for hydroxylation is 1. The molecular formula is C31H34ClF4NO5. The number of hydrogen-bond donors (Lipinski definition) is 1. The van der Waals surface area contributed by atoms with E-state index in [-0.39, 0.29) is 60.5 Å². The Morgan fingerprint density at radius 3 is 2.45 bits per heavy atom. The minimum Gasteiger partial charge on any atom is -0.506 e. The molecule has 4 atom stereocenters. The lowest BCUT2D eigenvalue weighted by Crippen LogP contribution is -2.56. The molecule has 2 aromatic carbocycles. The minimum absolute atomic E-state index is 0.0164. The van der Waals surface area contributed by atoms with Gasteiger partial charge in [0.25, 0.3) is 0 Å². The Labute approximate surface area is 246 Å². The third kappa shape index (κ3) is 6.31. The van der Waals surface area contributed by atoms with Crippen LogP contribution in [-0.4, -0.2) is 60.2 Å². The van der Waals surface area contributed by atoms with Crippen molar-refractivity contribution >= 4 is 23.4 Å². The molecule has 0 radical (unpaired) electrons. The van der Waals surface area contributed by atoms with Gasteiger partial charge in [0.15, 0.2) is 5.78 Å². The molecule has 11 heteroatoms. The average molecular weight is 612 g/mol. The van der Waals surface area contributed by atoms with E-state index in [1.807, 2.05) is 0 Å². The van der Waals surface area contributed by atoms with E-state index in [2.05, 4.69) is 4.90 Å². The van der Waals surface area contributed by atoms with Gasteiger partial charge in [0.05, 0.1) is 30.2 Å². The monoisotopic (exact) mass is 611 g/mol. The highest BCUT2D eigenvalue weighted by Gasteiger charge is 2.54. The third-order valence-corrected chi connectivity index (χ3v) is 9.43. The van der Waals surface area contributed by atoms with Gasteiger partial charge in [-0.3, -0.25) is 14.5 Å². The van der Waals surface area contributed by atoms with E-state index in [0.29, 0.717) is 38.4 Å². The van der Waals surface area contributed by atoms with Crippen LogP contribution >= 0.6 is 11.6 Å². The first-order valence-corrected chi connectivity index (χ1v) is 14.6. The normalized spacial score (nSPS) is 27.0. The number of benzene rings is 2. The molecule has 0 spiro atoms. The molecule has 2 saturated heterocycles. The van der Waals surface area contributed by atoms with Gasteiger partial charge in [-0.05, 0) is 92.3 Å². The van der Waals surface area contributed by atoms with Crippen molar-refractivity contribution in [1.82, 2.24) is 4.90 Å². The lowest BCUT2D eigenvalue weighted by molar-refractivity contribution is -0.165. The van der Waals surface area contributed by atoms with Crippen LogP contribution in [-0.2, 0) is 31.7 Å². The summed E-state index contributed by atoms with van der Waals surface area (Å²) in [6.45, 7) is 1.43. The highest BCUT2D eigenvalue weighted by Crippen LogP contribution is 2.49. The number of phenolic OH excluding ortho intramolecular Hbond substituents is 1. The zero-order valence-corrected chi connectivity index (χ0v) is 24.0. The highest BCUT2D eigenvalue weighted by atomic mass is 35.5. The summed E-state index contributed by atoms with van der Waals surface area (Å²) in [6.07, 6.45) is -1.32. The number of halogens is 5. The number of esters is 1. The maximum Gasteiger partial charge on any atom is 0.416 e. The Morgan fingerprint density at radius 1 is 1.14 bits per heavy atom. The molecular weight excluding hydrogens is 578 g/mol. The Hall–Kier alpha value is -2.69. The van der Waals surface area contributed by atoms with Gasteiger partial charge in [0, 0.05) is 19.0 Å². The number of methoxy groups -OCH3 is 1. The van der Waals surface area contributed by atoms with Gasteiger partial charge in [-0.1, -0.05) is 23.7 Å². The van der Waals surface area contributed by atoms with Crippen molar-refractivity contribution in [2.45, 2.75) is 68.7 Å². The summed E-state index contributed by atoms with van der Waals surface area (Å²) >= 11 is 5.85. The molecule has 228 valence electrons. The number of ether oxygens (including phenoxy) is 2. The Bertz CT molecular complexity index is 1310. The summed E-state index contributed by atoms with van der Waals surface area (Å²) in [4.78, 5) is 28.5. The van der Waals surface area contributed by atoms with E-state index >= 15 is 0 Å². The van der Waals surface area contributed by atoms with Gasteiger partial charge in [0.2, 0.25) is 0 Å². The second-order valence-electron chi connectivity index (χ2n) is 11.6. The van der Waals surface area contributed by atoms with Crippen molar-refractivity contribution in [3.05, 3.63) is 63.9 Å². The largest absolute Gasteiger partial charge is 0.506 e. The van der Waals surface area contributed by atoms with Crippen molar-refractivity contribution in [3.8, 4) is 5.75 Å². The van der Waals surface area contributed by atoms with E-state index < -0.39 is 34.0 Å². The summed E-state index contributed by atoms with van der Waals surface area (Å²) in [5.41, 5.74) is -1.13. The summed E-state index contributed by atoms with van der Waals surface area (Å²) in [5, 5.41) is 9.85. The van der Waals surface area contributed by atoms with Crippen molar-refractivity contribution in [2.24, 2.45) is 11.8 Å². The number of Topliss-reactive ketones (excluding diaryl/α,β-unsaturated/α-hetero) is 1. The molecule has 0 aromatic heterocycles. The maximum absolute atomic E-state index is 13.6. The molecule has 2 aliphatic heterocycles. The number of rotatable bonds is 8. The quantitative estimate of drug-likeness (QED) is 0.278. The number of hydrogen-bond acceptors (Lipinski definition) is 6. The van der Waals surface area contributed by atoms with Crippen LogP contribution in [0.5, 0.6) is 5.75 Å². The van der Waals surface area contributed by atoms with Crippen molar-refractivity contribution in [3.63, 3.8) is 0 Å². The van der Waals surface area contributed by atoms with Gasteiger partial charge >= 0.3 is 12.1 Å². The average Bonchev–Trinajstić information content (AvgIpc) is 3.83. The van der Waals surface area contributed by atoms with Crippen LogP contribution in [0.4, 0.5) is 17.6 Å². The molecule has 0 unspecified atom stereocenters. The van der Waals surface area contributed by atoms with Crippen molar-refractivity contribution in [1.29, 1.82) is 0 Å². The molecule has 6 nitrogen and oxygen atoms in total. The zero-order valence-electron chi connectivity index (χ0n) is 23.3. The van der Waals surface area contributed by atoms with Crippen LogP contribution in [0, 0.1) is 17.7 Å². The molecule has 0 bridgehead atoms. The van der Waals surface area contributed by atoms with Crippen LogP contribution < -0.4 is 0 Å². The van der Waals surface area contributed by atoms with Gasteiger partial charge < -0.3 is 14.6 Å². The smallest absolute Gasteiger partial charge is 0.416 e. The summed E-state index contributed by atoms with van der Waals surface area (Å²) in [5.74, 6) is -1.78. The summed E-state index contributed by atoms with van der Waals surface area (Å²) < 4.78 is 64.8. The number of phenols is 1. The van der Waals surface area contributed by atoms with Crippen LogP contribution in [0.3, 0.4) is 0 Å². The highest BCUT2D eigenvalue weighted by molar-refractivity contribution is 6.32. The fourth-order valence-corrected chi connectivity index (χ4v) is 6.91. The first-order chi connectivity index (χ1) is 19.9. The first-order valence-electron chi connectivity index (χ1n) is 14.3. The van der Waals surface area contributed by atoms with Gasteiger partial charge in [0.1, 0.15) is 17.2 Å². The maximum atomic E-state index is 13.6. The predicted molar refractivity (Wildman–Crippen MR) is 147 cm³/mol. The number of carbonyl (C=O) groups is 2. The van der Waals surface area contributed by atoms with Crippen LogP contribution in [0.1, 0.15) is 61.1 Å². The van der Waals surface area contributed by atoms with Gasteiger partial charge in [-0.2, -0.15) is 13.2 Å². The molecule has 2 heterocycles. The van der Waals surface area contributed by atoms with E-state index in [0.717, 1.165) is 24.5 Å². The number of aromatic hydroxyl groups is 1. The predicted octanol–water partition coefficient (Wildman–Crippen LogP) is 6.31. The lowest BCUT2D eigenvalue weighted by atomic mass is 9.78. The molecule has 3 fully saturated rings. The molecule has 42 heavy (non-hydrogen) atoms. The second-order valence-corrected chi connectivity index (χ2v) is 12.0. The van der Waals surface area contributed by atoms with Gasteiger partial charge in [-0.25, -0.2) is 4.39 Å². The molecule has 2 aromatic rings. The number of likely N-dealkylation sites (tertiary alicyclic amines) is 1. The van der Waals surface area contributed by atoms with E-state index in [9.17, 15) is 32.3 Å². The summed E-state index contributed by atoms with van der Waals surface area (Å²) in [6, 6.07) is 7.69. The van der Waals surface area contributed by atoms with Crippen LogP contribution in [0.25, 0.3) is 0 Å². The molecule has 1 saturated carbocycles. The Balaban J connectivity index is 1.24. The minimum atomic E-state index is -4.63. The number of piperidine rings is 1. The van der Waals surface area contributed by atoms with E-state index in [1.54, 1.807) is 12.1 Å². The number of carbonyl (C=O) groups excluding carboxylic acids is 2. The van der Waals surface area contributed by atoms with Crippen LogP contribution in [0.15, 0.2) is 36.4 Å². The topological polar surface area (TPSA) is 76.1 Å². The summed E-state index contributed by atoms with van der Waals surface area (Å²) in [7, 11) is 1.36. The fraction of sp³-hybridized carbons (Fsp3) is 0.548. The Morgan fingerprint density at radius 2 is 1.86 bits per heavy atom. The molecule has 3 aliphatic rings. The third-order valence-electron chi connectivity index (χ3n) is 9.14. The Kier molecular flexibility index (Phi) is 8.88. The van der Waals surface area contributed by atoms with E-state index in [4.69, 9.17) is 21.1 Å².